The first kappa shape index (κ1) is 10.7. The molecule has 0 radical (unpaired) electrons. The highest BCUT2D eigenvalue weighted by atomic mass is 16.6. The van der Waals surface area contributed by atoms with Crippen molar-refractivity contribution >= 4 is 5.69 Å². The lowest BCUT2D eigenvalue weighted by atomic mass is 10.0. The van der Waals surface area contributed by atoms with Crippen LogP contribution in [0.25, 0.3) is 0 Å². The second-order valence-electron chi connectivity index (χ2n) is 4.89. The maximum absolute atomic E-state index is 11.0. The first-order chi connectivity index (χ1) is 8.25. The third kappa shape index (κ3) is 2.31. The first-order valence-electron chi connectivity index (χ1n) is 6.13. The van der Waals surface area contributed by atoms with Gasteiger partial charge in [-0.15, -0.1) is 0 Å². The molecule has 0 atom stereocenters. The molecule has 2 aliphatic rings. The number of ether oxygens (including phenoxy) is 1. The van der Waals surface area contributed by atoms with Crippen molar-refractivity contribution in [3.63, 3.8) is 0 Å². The van der Waals surface area contributed by atoms with E-state index in [-0.39, 0.29) is 10.6 Å². The van der Waals surface area contributed by atoms with Gasteiger partial charge in [-0.2, -0.15) is 0 Å². The molecule has 2 fully saturated rings. The summed E-state index contributed by atoms with van der Waals surface area (Å²) in [6.07, 6.45) is 4.83. The maximum Gasteiger partial charge on any atom is 0.275 e. The fourth-order valence-electron chi connectivity index (χ4n) is 2.13. The van der Waals surface area contributed by atoms with Crippen LogP contribution >= 0.6 is 0 Å². The van der Waals surface area contributed by atoms with Crippen LogP contribution in [0.4, 0.5) is 5.69 Å². The van der Waals surface area contributed by atoms with E-state index in [2.05, 4.69) is 0 Å². The molecule has 1 aromatic rings. The van der Waals surface area contributed by atoms with Gasteiger partial charge in [0.2, 0.25) is 0 Å². The zero-order valence-corrected chi connectivity index (χ0v) is 9.59. The van der Waals surface area contributed by atoms with Gasteiger partial charge in [-0.05, 0) is 37.2 Å². The van der Waals surface area contributed by atoms with E-state index in [0.29, 0.717) is 18.6 Å². The SMILES string of the molecule is O=[N+]([O-])c1cccc(C2CC2)c1COC1CC1. The van der Waals surface area contributed by atoms with E-state index in [1.165, 1.54) is 0 Å². The monoisotopic (exact) mass is 233 g/mol. The Kier molecular flexibility index (Phi) is 2.59. The molecular weight excluding hydrogens is 218 g/mol. The Morgan fingerprint density at radius 1 is 1.29 bits per heavy atom. The molecule has 2 saturated carbocycles. The quantitative estimate of drug-likeness (QED) is 0.579. The molecule has 4 heteroatoms. The fourth-order valence-corrected chi connectivity index (χ4v) is 2.13. The first-order valence-corrected chi connectivity index (χ1v) is 6.13. The van der Waals surface area contributed by atoms with Crippen LogP contribution in [0.1, 0.15) is 42.7 Å². The predicted molar refractivity (Wildman–Crippen MR) is 62.9 cm³/mol. The van der Waals surface area contributed by atoms with E-state index in [4.69, 9.17) is 4.74 Å². The zero-order chi connectivity index (χ0) is 11.8. The molecule has 17 heavy (non-hydrogen) atoms. The summed E-state index contributed by atoms with van der Waals surface area (Å²) in [6.45, 7) is 0.396. The molecule has 0 saturated heterocycles. The van der Waals surface area contributed by atoms with Crippen molar-refractivity contribution < 1.29 is 9.66 Å². The molecular formula is C13H15NO3. The molecule has 3 rings (SSSR count). The van der Waals surface area contributed by atoms with Crippen molar-refractivity contribution in [3.05, 3.63) is 39.4 Å². The maximum atomic E-state index is 11.0. The number of nitro benzene ring substituents is 1. The van der Waals surface area contributed by atoms with Gasteiger partial charge in [-0.1, -0.05) is 12.1 Å². The van der Waals surface area contributed by atoms with Crippen molar-refractivity contribution in [3.8, 4) is 0 Å². The van der Waals surface area contributed by atoms with Crippen molar-refractivity contribution in [2.45, 2.75) is 44.3 Å². The van der Waals surface area contributed by atoms with Crippen LogP contribution in [0.3, 0.4) is 0 Å². The third-order valence-corrected chi connectivity index (χ3v) is 3.39. The Labute approximate surface area is 99.7 Å². The Hall–Kier alpha value is -1.42. The van der Waals surface area contributed by atoms with Crippen LogP contribution in [0.5, 0.6) is 0 Å². The summed E-state index contributed by atoms with van der Waals surface area (Å²) in [6, 6.07) is 5.38. The van der Waals surface area contributed by atoms with E-state index in [0.717, 1.165) is 36.8 Å². The number of hydrogen-bond donors (Lipinski definition) is 0. The largest absolute Gasteiger partial charge is 0.373 e. The van der Waals surface area contributed by atoms with Crippen LogP contribution in [-0.2, 0) is 11.3 Å². The minimum absolute atomic E-state index is 0.218. The Morgan fingerprint density at radius 2 is 2.06 bits per heavy atom. The van der Waals surface area contributed by atoms with Gasteiger partial charge in [0.1, 0.15) is 0 Å². The summed E-state index contributed by atoms with van der Waals surface area (Å²) < 4.78 is 5.64. The fraction of sp³-hybridized carbons (Fsp3) is 0.538. The second-order valence-corrected chi connectivity index (χ2v) is 4.89. The van der Waals surface area contributed by atoms with Crippen LogP contribution in [0.2, 0.25) is 0 Å². The standard InChI is InChI=1S/C13H15NO3/c15-14(16)13-3-1-2-11(9-4-5-9)12(13)8-17-10-6-7-10/h1-3,9-10H,4-8H2. The molecule has 0 spiro atoms. The van der Waals surface area contributed by atoms with Crippen LogP contribution in [-0.4, -0.2) is 11.0 Å². The van der Waals surface area contributed by atoms with Crippen molar-refractivity contribution in [1.29, 1.82) is 0 Å². The molecule has 0 bridgehead atoms. The molecule has 0 unspecified atom stereocenters. The van der Waals surface area contributed by atoms with Gasteiger partial charge in [0.25, 0.3) is 5.69 Å². The predicted octanol–water partition coefficient (Wildman–Crippen LogP) is 3.15. The van der Waals surface area contributed by atoms with Crippen LogP contribution < -0.4 is 0 Å². The lowest BCUT2D eigenvalue weighted by Gasteiger charge is -2.09. The molecule has 1 aromatic carbocycles. The van der Waals surface area contributed by atoms with Crippen LogP contribution in [0, 0.1) is 10.1 Å². The smallest absolute Gasteiger partial charge is 0.275 e. The highest BCUT2D eigenvalue weighted by Crippen LogP contribution is 2.44. The van der Waals surface area contributed by atoms with E-state index < -0.39 is 0 Å². The van der Waals surface area contributed by atoms with E-state index in [1.807, 2.05) is 6.07 Å². The molecule has 2 aliphatic carbocycles. The summed E-state index contributed by atoms with van der Waals surface area (Å²) in [5, 5.41) is 11.0. The van der Waals surface area contributed by atoms with Gasteiger partial charge >= 0.3 is 0 Å². The summed E-state index contributed by atoms with van der Waals surface area (Å²) in [7, 11) is 0. The molecule has 0 amide bonds. The number of nitro groups is 1. The van der Waals surface area contributed by atoms with Gasteiger partial charge in [0.15, 0.2) is 0 Å². The summed E-state index contributed by atoms with van der Waals surface area (Å²) >= 11 is 0. The number of rotatable bonds is 5. The topological polar surface area (TPSA) is 52.4 Å². The number of benzene rings is 1. The van der Waals surface area contributed by atoms with E-state index in [9.17, 15) is 10.1 Å². The Balaban J connectivity index is 1.90. The van der Waals surface area contributed by atoms with E-state index >= 15 is 0 Å². The minimum Gasteiger partial charge on any atom is -0.373 e. The molecule has 0 heterocycles. The molecule has 90 valence electrons. The van der Waals surface area contributed by atoms with Crippen molar-refractivity contribution in [2.24, 2.45) is 0 Å². The summed E-state index contributed by atoms with van der Waals surface area (Å²) in [5.74, 6) is 0.521. The lowest BCUT2D eigenvalue weighted by Crippen LogP contribution is -2.03. The van der Waals surface area contributed by atoms with Gasteiger partial charge in [0.05, 0.1) is 23.2 Å². The average Bonchev–Trinajstić information content (AvgIpc) is 3.16. The van der Waals surface area contributed by atoms with Crippen LogP contribution in [0.15, 0.2) is 18.2 Å². The molecule has 0 aliphatic heterocycles. The number of hydrogen-bond acceptors (Lipinski definition) is 3. The van der Waals surface area contributed by atoms with E-state index in [1.54, 1.807) is 12.1 Å². The normalized spacial score (nSPS) is 19.3. The summed E-state index contributed by atoms with van der Waals surface area (Å²) in [4.78, 5) is 10.7. The summed E-state index contributed by atoms with van der Waals surface area (Å²) in [5.41, 5.74) is 2.14. The Morgan fingerprint density at radius 3 is 2.65 bits per heavy atom. The third-order valence-electron chi connectivity index (χ3n) is 3.39. The molecule has 0 N–H and O–H groups in total. The van der Waals surface area contributed by atoms with Crippen molar-refractivity contribution in [2.75, 3.05) is 0 Å². The van der Waals surface area contributed by atoms with Gasteiger partial charge in [-0.3, -0.25) is 10.1 Å². The lowest BCUT2D eigenvalue weighted by molar-refractivity contribution is -0.386. The van der Waals surface area contributed by atoms with Crippen molar-refractivity contribution in [1.82, 2.24) is 0 Å². The van der Waals surface area contributed by atoms with Gasteiger partial charge < -0.3 is 4.74 Å². The highest BCUT2D eigenvalue weighted by Gasteiger charge is 2.31. The minimum atomic E-state index is -0.294. The highest BCUT2D eigenvalue weighted by molar-refractivity contribution is 5.47. The average molecular weight is 233 g/mol. The zero-order valence-electron chi connectivity index (χ0n) is 9.59. The van der Waals surface area contributed by atoms with Gasteiger partial charge in [-0.25, -0.2) is 0 Å². The molecule has 4 nitrogen and oxygen atoms in total. The Bertz CT molecular complexity index is 450. The molecule has 0 aromatic heterocycles. The second kappa shape index (κ2) is 4.11. The number of nitrogens with zero attached hydrogens (tertiary/aromatic N) is 1. The van der Waals surface area contributed by atoms with Gasteiger partial charge in [0, 0.05) is 6.07 Å².